The minimum Gasteiger partial charge on any atom is -0.365 e. The topological polar surface area (TPSA) is 24.4 Å². The van der Waals surface area contributed by atoms with E-state index in [-0.39, 0.29) is 0 Å². The van der Waals surface area contributed by atoms with Gasteiger partial charge in [-0.05, 0) is 18.3 Å². The van der Waals surface area contributed by atoms with Gasteiger partial charge in [0, 0.05) is 18.8 Å². The molecule has 1 atom stereocenters. The van der Waals surface area contributed by atoms with E-state index in [2.05, 4.69) is 31.1 Å². The normalized spacial score (nSPS) is 23.1. The van der Waals surface area contributed by atoms with Crippen LogP contribution in [-0.2, 0) is 0 Å². The van der Waals surface area contributed by atoms with Crippen LogP contribution in [0.4, 0.5) is 0 Å². The standard InChI is InChI=1S/C10H20N2S/c1-8(2)4-5-11-10-12-6-9(3)7-13-10/h8-9H,4-7H2,1-3H3,(H,11,12). The molecular formula is C10H20N2S. The van der Waals surface area contributed by atoms with Gasteiger partial charge in [-0.1, -0.05) is 32.5 Å². The van der Waals surface area contributed by atoms with Crippen molar-refractivity contribution < 1.29 is 0 Å². The van der Waals surface area contributed by atoms with E-state index in [0.717, 1.165) is 30.1 Å². The second-order valence-electron chi connectivity index (χ2n) is 4.17. The first-order chi connectivity index (χ1) is 6.18. The molecule has 13 heavy (non-hydrogen) atoms. The molecule has 0 spiro atoms. The van der Waals surface area contributed by atoms with E-state index in [4.69, 9.17) is 0 Å². The largest absolute Gasteiger partial charge is 0.365 e. The van der Waals surface area contributed by atoms with Gasteiger partial charge in [0.1, 0.15) is 0 Å². The van der Waals surface area contributed by atoms with Gasteiger partial charge in [0.25, 0.3) is 0 Å². The van der Waals surface area contributed by atoms with Crippen LogP contribution in [0.2, 0.25) is 0 Å². The van der Waals surface area contributed by atoms with Crippen molar-refractivity contribution in [3.63, 3.8) is 0 Å². The highest BCUT2D eigenvalue weighted by molar-refractivity contribution is 8.13. The van der Waals surface area contributed by atoms with Gasteiger partial charge in [0.2, 0.25) is 0 Å². The molecule has 0 aromatic heterocycles. The third-order valence-corrected chi connectivity index (χ3v) is 3.33. The van der Waals surface area contributed by atoms with Crippen molar-refractivity contribution in [1.29, 1.82) is 0 Å². The maximum atomic E-state index is 4.48. The van der Waals surface area contributed by atoms with Crippen LogP contribution in [0.15, 0.2) is 4.99 Å². The van der Waals surface area contributed by atoms with Gasteiger partial charge in [0.05, 0.1) is 0 Å². The molecule has 0 bridgehead atoms. The van der Waals surface area contributed by atoms with Crippen LogP contribution in [-0.4, -0.2) is 24.0 Å². The molecule has 1 heterocycles. The van der Waals surface area contributed by atoms with Gasteiger partial charge in [-0.3, -0.25) is 4.99 Å². The SMILES string of the molecule is CC(C)CCNC1=NCC(C)CS1. The summed E-state index contributed by atoms with van der Waals surface area (Å²) in [5.74, 6) is 2.74. The Kier molecular flexibility index (Phi) is 4.64. The molecule has 1 aliphatic rings. The van der Waals surface area contributed by atoms with E-state index in [1.807, 2.05) is 11.8 Å². The summed E-state index contributed by atoms with van der Waals surface area (Å²) in [5, 5.41) is 4.54. The highest BCUT2D eigenvalue weighted by atomic mass is 32.2. The first kappa shape index (κ1) is 10.9. The zero-order chi connectivity index (χ0) is 9.68. The number of rotatable bonds is 3. The number of nitrogens with one attached hydrogen (secondary N) is 1. The summed E-state index contributed by atoms with van der Waals surface area (Å²) >= 11 is 1.86. The zero-order valence-electron chi connectivity index (χ0n) is 8.84. The summed E-state index contributed by atoms with van der Waals surface area (Å²) in [5.41, 5.74) is 0. The van der Waals surface area contributed by atoms with E-state index >= 15 is 0 Å². The van der Waals surface area contributed by atoms with E-state index in [0.29, 0.717) is 0 Å². The second kappa shape index (κ2) is 5.53. The molecule has 1 rings (SSSR count). The second-order valence-corrected chi connectivity index (χ2v) is 5.18. The molecule has 3 heteroatoms. The summed E-state index contributed by atoms with van der Waals surface area (Å²) in [6.45, 7) is 8.81. The van der Waals surface area contributed by atoms with Crippen LogP contribution in [0.1, 0.15) is 27.2 Å². The number of amidine groups is 1. The van der Waals surface area contributed by atoms with Crippen molar-refractivity contribution in [2.45, 2.75) is 27.2 Å². The number of nitrogens with zero attached hydrogens (tertiary/aromatic N) is 1. The van der Waals surface area contributed by atoms with Crippen LogP contribution < -0.4 is 5.32 Å². The third kappa shape index (κ3) is 4.55. The van der Waals surface area contributed by atoms with Gasteiger partial charge in [-0.25, -0.2) is 0 Å². The van der Waals surface area contributed by atoms with Crippen LogP contribution >= 0.6 is 11.8 Å². The van der Waals surface area contributed by atoms with E-state index in [1.165, 1.54) is 12.2 Å². The van der Waals surface area contributed by atoms with Gasteiger partial charge >= 0.3 is 0 Å². The molecule has 2 nitrogen and oxygen atoms in total. The molecule has 1 unspecified atom stereocenters. The molecule has 0 saturated heterocycles. The van der Waals surface area contributed by atoms with Crippen molar-refractivity contribution in [3.8, 4) is 0 Å². The Balaban J connectivity index is 2.15. The lowest BCUT2D eigenvalue weighted by Gasteiger charge is -2.18. The average molecular weight is 200 g/mol. The summed E-state index contributed by atoms with van der Waals surface area (Å²) in [7, 11) is 0. The lowest BCUT2D eigenvalue weighted by Crippen LogP contribution is -2.27. The van der Waals surface area contributed by atoms with Crippen LogP contribution in [0, 0.1) is 11.8 Å². The van der Waals surface area contributed by atoms with Crippen LogP contribution in [0.3, 0.4) is 0 Å². The lowest BCUT2D eigenvalue weighted by atomic mass is 10.1. The summed E-state index contributed by atoms with van der Waals surface area (Å²) in [6, 6.07) is 0. The minimum atomic E-state index is 0.751. The van der Waals surface area contributed by atoms with Crippen molar-refractivity contribution in [2.24, 2.45) is 16.8 Å². The Labute approximate surface area is 85.6 Å². The van der Waals surface area contributed by atoms with Crippen molar-refractivity contribution in [1.82, 2.24) is 5.32 Å². The Morgan fingerprint density at radius 3 is 2.92 bits per heavy atom. The Morgan fingerprint density at radius 2 is 2.38 bits per heavy atom. The van der Waals surface area contributed by atoms with E-state index in [1.54, 1.807) is 0 Å². The zero-order valence-corrected chi connectivity index (χ0v) is 9.66. The van der Waals surface area contributed by atoms with Crippen LogP contribution in [0.5, 0.6) is 0 Å². The third-order valence-electron chi connectivity index (χ3n) is 2.05. The Hall–Kier alpha value is -0.180. The molecule has 0 fully saturated rings. The predicted octanol–water partition coefficient (Wildman–Crippen LogP) is 2.36. The molecule has 0 aromatic carbocycles. The predicted molar refractivity (Wildman–Crippen MR) is 61.4 cm³/mol. The van der Waals surface area contributed by atoms with E-state index < -0.39 is 0 Å². The van der Waals surface area contributed by atoms with E-state index in [9.17, 15) is 0 Å². The number of thioether (sulfide) groups is 1. The highest BCUT2D eigenvalue weighted by Gasteiger charge is 2.11. The highest BCUT2D eigenvalue weighted by Crippen LogP contribution is 2.15. The quantitative estimate of drug-likeness (QED) is 0.756. The van der Waals surface area contributed by atoms with Crippen molar-refractivity contribution in [2.75, 3.05) is 18.8 Å². The van der Waals surface area contributed by atoms with Crippen LogP contribution in [0.25, 0.3) is 0 Å². The first-order valence-electron chi connectivity index (χ1n) is 5.09. The van der Waals surface area contributed by atoms with Gasteiger partial charge in [0.15, 0.2) is 5.17 Å². The first-order valence-corrected chi connectivity index (χ1v) is 6.08. The maximum absolute atomic E-state index is 4.48. The molecular weight excluding hydrogens is 180 g/mol. The number of aliphatic imine (C=N–C) groups is 1. The maximum Gasteiger partial charge on any atom is 0.156 e. The molecule has 0 aromatic rings. The average Bonchev–Trinajstić information content (AvgIpc) is 2.08. The minimum absolute atomic E-state index is 0.751. The van der Waals surface area contributed by atoms with Gasteiger partial charge in [-0.2, -0.15) is 0 Å². The lowest BCUT2D eigenvalue weighted by molar-refractivity contribution is 0.577. The summed E-state index contributed by atoms with van der Waals surface area (Å²) < 4.78 is 0. The van der Waals surface area contributed by atoms with Crippen molar-refractivity contribution in [3.05, 3.63) is 0 Å². The number of hydrogen-bond acceptors (Lipinski definition) is 3. The van der Waals surface area contributed by atoms with Crippen molar-refractivity contribution >= 4 is 16.9 Å². The number of hydrogen-bond donors (Lipinski definition) is 1. The fraction of sp³-hybridized carbons (Fsp3) is 0.900. The van der Waals surface area contributed by atoms with Gasteiger partial charge < -0.3 is 5.32 Å². The molecule has 76 valence electrons. The fourth-order valence-electron chi connectivity index (χ4n) is 1.13. The Morgan fingerprint density at radius 1 is 1.62 bits per heavy atom. The Bertz CT molecular complexity index is 178. The smallest absolute Gasteiger partial charge is 0.156 e. The van der Waals surface area contributed by atoms with Gasteiger partial charge in [-0.15, -0.1) is 0 Å². The molecule has 0 saturated carbocycles. The molecule has 0 amide bonds. The summed E-state index contributed by atoms with van der Waals surface area (Å²) in [4.78, 5) is 4.48. The fourth-order valence-corrected chi connectivity index (χ4v) is 2.05. The monoisotopic (exact) mass is 200 g/mol. The molecule has 1 aliphatic heterocycles. The molecule has 0 aliphatic carbocycles. The molecule has 1 N–H and O–H groups in total. The molecule has 0 radical (unpaired) electrons. The summed E-state index contributed by atoms with van der Waals surface area (Å²) in [6.07, 6.45) is 1.23.